The Hall–Kier alpha value is -2.93. The summed E-state index contributed by atoms with van der Waals surface area (Å²) < 4.78 is 14.1. The fraction of sp³-hybridized carbons (Fsp3) is 0.118. The van der Waals surface area contributed by atoms with Gasteiger partial charge < -0.3 is 4.74 Å². The number of hydrogen-bond acceptors (Lipinski definition) is 7. The van der Waals surface area contributed by atoms with Crippen LogP contribution in [-0.2, 0) is 4.79 Å². The van der Waals surface area contributed by atoms with E-state index in [-0.39, 0.29) is 18.3 Å². The normalized spacial score (nSPS) is 17.0. The van der Waals surface area contributed by atoms with E-state index in [1.807, 2.05) is 24.3 Å². The molecular weight excluding hydrogens is 324 g/mol. The molecule has 2 aromatic carbocycles. The van der Waals surface area contributed by atoms with Crippen LogP contribution in [0.1, 0.15) is 23.5 Å². The molecule has 0 saturated carbocycles. The van der Waals surface area contributed by atoms with Gasteiger partial charge in [0, 0.05) is 23.9 Å². The van der Waals surface area contributed by atoms with Gasteiger partial charge in [-0.3, -0.25) is 14.8 Å². The fourth-order valence-corrected chi connectivity index (χ4v) is 3.74. The average Bonchev–Trinajstić information content (AvgIpc) is 3.09. The molecule has 0 bridgehead atoms. The zero-order valence-electron chi connectivity index (χ0n) is 12.3. The van der Waals surface area contributed by atoms with Crippen LogP contribution in [0.5, 0.6) is 5.75 Å². The number of carbonyl (C=O) groups is 1. The molecule has 0 radical (unpaired) electrons. The molecule has 7 heteroatoms. The molecule has 4 aromatic rings. The zero-order chi connectivity index (χ0) is 16.1. The van der Waals surface area contributed by atoms with E-state index in [2.05, 4.69) is 18.7 Å². The highest BCUT2D eigenvalue weighted by Gasteiger charge is 2.31. The van der Waals surface area contributed by atoms with E-state index in [1.54, 1.807) is 18.5 Å². The highest BCUT2D eigenvalue weighted by molar-refractivity contribution is 7.00. The molecule has 0 unspecified atom stereocenters. The molecule has 1 aliphatic rings. The molecule has 0 spiro atoms. The summed E-state index contributed by atoms with van der Waals surface area (Å²) in [5.74, 6) is 0.199. The Bertz CT molecular complexity index is 1110. The van der Waals surface area contributed by atoms with Gasteiger partial charge in [0.1, 0.15) is 16.8 Å². The highest BCUT2D eigenvalue weighted by Crippen LogP contribution is 2.42. The molecule has 116 valence electrons. The van der Waals surface area contributed by atoms with Crippen LogP contribution in [0.2, 0.25) is 0 Å². The molecular formula is C17H10N4O2S. The van der Waals surface area contributed by atoms with Gasteiger partial charge in [0.25, 0.3) is 0 Å². The minimum Gasteiger partial charge on any atom is -0.426 e. The Morgan fingerprint density at radius 2 is 1.83 bits per heavy atom. The number of nitrogens with zero attached hydrogens (tertiary/aromatic N) is 4. The van der Waals surface area contributed by atoms with Gasteiger partial charge in [0.05, 0.1) is 29.2 Å². The minimum atomic E-state index is -0.241. The topological polar surface area (TPSA) is 77.9 Å². The fourth-order valence-electron chi connectivity index (χ4n) is 3.19. The Kier molecular flexibility index (Phi) is 2.83. The number of rotatable bonds is 1. The number of ether oxygens (including phenoxy) is 1. The van der Waals surface area contributed by atoms with Crippen LogP contribution < -0.4 is 4.74 Å². The van der Waals surface area contributed by atoms with Crippen molar-refractivity contribution >= 4 is 39.8 Å². The maximum Gasteiger partial charge on any atom is 0.312 e. The summed E-state index contributed by atoms with van der Waals surface area (Å²) in [7, 11) is 0. The van der Waals surface area contributed by atoms with Crippen molar-refractivity contribution in [3.05, 3.63) is 53.9 Å². The number of esters is 1. The second-order valence-electron chi connectivity index (χ2n) is 5.64. The van der Waals surface area contributed by atoms with Gasteiger partial charge >= 0.3 is 5.97 Å². The smallest absolute Gasteiger partial charge is 0.312 e. The lowest BCUT2D eigenvalue weighted by atomic mass is 9.85. The summed E-state index contributed by atoms with van der Waals surface area (Å²) in [5, 5.41) is 0. The number of carbonyl (C=O) groups excluding carboxylic acids is 1. The summed E-state index contributed by atoms with van der Waals surface area (Å²) in [5.41, 5.74) is 5.18. The van der Waals surface area contributed by atoms with Gasteiger partial charge in [-0.2, -0.15) is 8.75 Å². The van der Waals surface area contributed by atoms with Gasteiger partial charge in [-0.05, 0) is 29.8 Å². The average molecular weight is 334 g/mol. The van der Waals surface area contributed by atoms with E-state index in [4.69, 9.17) is 4.74 Å². The number of hydrogen-bond donors (Lipinski definition) is 0. The summed E-state index contributed by atoms with van der Waals surface area (Å²) in [6, 6.07) is 9.52. The third-order valence-electron chi connectivity index (χ3n) is 4.27. The summed E-state index contributed by atoms with van der Waals surface area (Å²) in [6.45, 7) is 0. The standard InChI is InChI=1S/C17H10N4O2S/c22-15-8-10(9-1-2-11-13(7-9)19-6-5-18-11)16-14(23-15)4-3-12-17(16)21-24-20-12/h1-7,10H,8H2/t10-/m1/s1. The Labute approximate surface area is 140 Å². The minimum absolute atomic E-state index is 0.125. The number of fused-ring (bicyclic) bond motifs is 4. The molecule has 6 nitrogen and oxygen atoms in total. The molecule has 3 heterocycles. The molecule has 0 saturated heterocycles. The first-order chi connectivity index (χ1) is 11.8. The molecule has 0 amide bonds. The first-order valence-corrected chi connectivity index (χ1v) is 8.19. The summed E-state index contributed by atoms with van der Waals surface area (Å²) >= 11 is 1.16. The van der Waals surface area contributed by atoms with Gasteiger partial charge in [-0.1, -0.05) is 6.07 Å². The molecule has 0 N–H and O–H groups in total. The number of benzene rings is 2. The van der Waals surface area contributed by atoms with E-state index in [9.17, 15) is 4.79 Å². The van der Waals surface area contributed by atoms with Crippen molar-refractivity contribution in [3.8, 4) is 5.75 Å². The second-order valence-corrected chi connectivity index (χ2v) is 6.17. The van der Waals surface area contributed by atoms with Crippen LogP contribution in [0.15, 0.2) is 42.7 Å². The van der Waals surface area contributed by atoms with Crippen molar-refractivity contribution in [1.82, 2.24) is 18.7 Å². The van der Waals surface area contributed by atoms with Crippen LogP contribution in [0.25, 0.3) is 22.1 Å². The van der Waals surface area contributed by atoms with Crippen molar-refractivity contribution in [2.24, 2.45) is 0 Å². The van der Waals surface area contributed by atoms with E-state index in [0.717, 1.165) is 44.9 Å². The van der Waals surface area contributed by atoms with Gasteiger partial charge in [-0.15, -0.1) is 0 Å². The third kappa shape index (κ3) is 1.98. The van der Waals surface area contributed by atoms with Crippen molar-refractivity contribution < 1.29 is 9.53 Å². The Morgan fingerprint density at radius 3 is 2.75 bits per heavy atom. The lowest BCUT2D eigenvalue weighted by molar-refractivity contribution is -0.135. The predicted molar refractivity (Wildman–Crippen MR) is 89.0 cm³/mol. The van der Waals surface area contributed by atoms with Crippen molar-refractivity contribution in [2.75, 3.05) is 0 Å². The monoisotopic (exact) mass is 334 g/mol. The Balaban J connectivity index is 1.75. The van der Waals surface area contributed by atoms with Crippen LogP contribution in [-0.4, -0.2) is 24.7 Å². The second kappa shape index (κ2) is 5.04. The maximum absolute atomic E-state index is 12.1. The van der Waals surface area contributed by atoms with E-state index in [1.165, 1.54) is 0 Å². The lowest BCUT2D eigenvalue weighted by Crippen LogP contribution is -2.21. The zero-order valence-corrected chi connectivity index (χ0v) is 13.2. The van der Waals surface area contributed by atoms with E-state index < -0.39 is 0 Å². The molecule has 2 aromatic heterocycles. The van der Waals surface area contributed by atoms with Crippen molar-refractivity contribution in [1.29, 1.82) is 0 Å². The van der Waals surface area contributed by atoms with E-state index in [0.29, 0.717) is 5.75 Å². The quantitative estimate of drug-likeness (QED) is 0.393. The van der Waals surface area contributed by atoms with Crippen molar-refractivity contribution in [2.45, 2.75) is 12.3 Å². The third-order valence-corrected chi connectivity index (χ3v) is 4.81. The van der Waals surface area contributed by atoms with Crippen LogP contribution >= 0.6 is 11.7 Å². The first kappa shape index (κ1) is 13.5. The molecule has 24 heavy (non-hydrogen) atoms. The molecule has 1 atom stereocenters. The van der Waals surface area contributed by atoms with E-state index >= 15 is 0 Å². The largest absolute Gasteiger partial charge is 0.426 e. The SMILES string of the molecule is O=C1C[C@H](c2ccc3nccnc3c2)c2c(ccc3nsnc23)O1. The molecule has 0 aliphatic carbocycles. The summed E-state index contributed by atoms with van der Waals surface area (Å²) in [6.07, 6.45) is 3.60. The van der Waals surface area contributed by atoms with Gasteiger partial charge in [0.2, 0.25) is 0 Å². The van der Waals surface area contributed by atoms with Crippen LogP contribution in [0, 0.1) is 0 Å². The highest BCUT2D eigenvalue weighted by atomic mass is 32.1. The predicted octanol–water partition coefficient (Wildman–Crippen LogP) is 3.08. The number of aromatic nitrogens is 4. The van der Waals surface area contributed by atoms with Crippen LogP contribution in [0.3, 0.4) is 0 Å². The van der Waals surface area contributed by atoms with Crippen LogP contribution in [0.4, 0.5) is 0 Å². The molecule has 5 rings (SSSR count). The Morgan fingerprint density at radius 1 is 1.00 bits per heavy atom. The molecule has 1 aliphatic heterocycles. The molecule has 0 fully saturated rings. The maximum atomic E-state index is 12.1. The van der Waals surface area contributed by atoms with Gasteiger partial charge in [-0.25, -0.2) is 0 Å². The van der Waals surface area contributed by atoms with Crippen molar-refractivity contribution in [3.63, 3.8) is 0 Å². The summed E-state index contributed by atoms with van der Waals surface area (Å²) in [4.78, 5) is 20.7. The first-order valence-electron chi connectivity index (χ1n) is 7.46. The van der Waals surface area contributed by atoms with Gasteiger partial charge in [0.15, 0.2) is 0 Å². The lowest BCUT2D eigenvalue weighted by Gasteiger charge is -2.25.